The van der Waals surface area contributed by atoms with Gasteiger partial charge in [0, 0.05) is 13.1 Å². The van der Waals surface area contributed by atoms with Crippen molar-refractivity contribution in [2.45, 2.75) is 12.5 Å². The fourth-order valence-corrected chi connectivity index (χ4v) is 2.45. The third-order valence-corrected chi connectivity index (χ3v) is 3.50. The van der Waals surface area contributed by atoms with E-state index in [1.54, 1.807) is 0 Å². The molecule has 1 aliphatic heterocycles. The molecule has 0 aliphatic carbocycles. The van der Waals surface area contributed by atoms with Crippen molar-refractivity contribution in [3.63, 3.8) is 0 Å². The van der Waals surface area contributed by atoms with Crippen LogP contribution in [0.15, 0.2) is 30.3 Å². The molecule has 1 aliphatic rings. The molecular formula is C15H23N3O. The summed E-state index contributed by atoms with van der Waals surface area (Å²) in [4.78, 5) is 14.3. The van der Waals surface area contributed by atoms with Gasteiger partial charge in [0.2, 0.25) is 5.91 Å². The van der Waals surface area contributed by atoms with Crippen LogP contribution in [0.25, 0.3) is 0 Å². The second-order valence-corrected chi connectivity index (χ2v) is 5.42. The van der Waals surface area contributed by atoms with Gasteiger partial charge in [-0.3, -0.25) is 4.79 Å². The average Bonchev–Trinajstić information content (AvgIpc) is 2.92. The van der Waals surface area contributed by atoms with Gasteiger partial charge in [-0.05, 0) is 32.6 Å². The Labute approximate surface area is 115 Å². The van der Waals surface area contributed by atoms with Crippen molar-refractivity contribution in [3.8, 4) is 0 Å². The van der Waals surface area contributed by atoms with Crippen LogP contribution in [0, 0.1) is 5.92 Å². The molecule has 1 saturated heterocycles. The molecule has 4 heteroatoms. The van der Waals surface area contributed by atoms with Gasteiger partial charge in [-0.1, -0.05) is 30.3 Å². The van der Waals surface area contributed by atoms with Gasteiger partial charge < -0.3 is 15.5 Å². The number of nitrogens with zero attached hydrogens (tertiary/aromatic N) is 1. The minimum atomic E-state index is 0.0595. The fraction of sp³-hybridized carbons (Fsp3) is 0.533. The molecule has 2 N–H and O–H groups in total. The van der Waals surface area contributed by atoms with Crippen LogP contribution in [-0.4, -0.2) is 44.5 Å². The molecular weight excluding hydrogens is 238 g/mol. The summed E-state index contributed by atoms with van der Waals surface area (Å²) in [5, 5.41) is 6.42. The first-order valence-corrected chi connectivity index (χ1v) is 6.87. The van der Waals surface area contributed by atoms with Crippen molar-refractivity contribution in [1.29, 1.82) is 0 Å². The third-order valence-electron chi connectivity index (χ3n) is 3.50. The summed E-state index contributed by atoms with van der Waals surface area (Å²) in [7, 11) is 4.05. The van der Waals surface area contributed by atoms with Crippen molar-refractivity contribution in [1.82, 2.24) is 15.5 Å². The zero-order valence-corrected chi connectivity index (χ0v) is 11.7. The van der Waals surface area contributed by atoms with Crippen LogP contribution in [0.5, 0.6) is 0 Å². The number of nitrogens with one attached hydrogen (secondary N) is 2. The molecule has 1 aromatic rings. The van der Waals surface area contributed by atoms with E-state index in [0.717, 1.165) is 31.6 Å². The zero-order chi connectivity index (χ0) is 13.7. The summed E-state index contributed by atoms with van der Waals surface area (Å²) in [6.07, 6.45) is 0.940. The number of hydrogen-bond donors (Lipinski definition) is 2. The summed E-state index contributed by atoms with van der Waals surface area (Å²) in [6.45, 7) is 2.56. The molecule has 4 nitrogen and oxygen atoms in total. The molecule has 2 unspecified atom stereocenters. The molecule has 0 radical (unpaired) electrons. The highest BCUT2D eigenvalue weighted by molar-refractivity contribution is 5.79. The van der Waals surface area contributed by atoms with Crippen LogP contribution < -0.4 is 10.6 Å². The Morgan fingerprint density at radius 1 is 1.42 bits per heavy atom. The maximum Gasteiger partial charge on any atom is 0.224 e. The minimum Gasteiger partial charge on any atom is -0.348 e. The Hall–Kier alpha value is -1.39. The van der Waals surface area contributed by atoms with Crippen LogP contribution in [0.1, 0.15) is 18.0 Å². The van der Waals surface area contributed by atoms with Crippen molar-refractivity contribution < 1.29 is 4.79 Å². The minimum absolute atomic E-state index is 0.0595. The molecule has 2 rings (SSSR count). The normalized spacial score (nSPS) is 20.5. The number of amides is 1. The third kappa shape index (κ3) is 4.04. The molecule has 104 valence electrons. The largest absolute Gasteiger partial charge is 0.348 e. The summed E-state index contributed by atoms with van der Waals surface area (Å²) >= 11 is 0. The van der Waals surface area contributed by atoms with Crippen molar-refractivity contribution >= 4 is 5.91 Å². The summed E-state index contributed by atoms with van der Waals surface area (Å²) in [5.74, 6) is 0.286. The fourth-order valence-electron chi connectivity index (χ4n) is 2.45. The molecule has 1 fully saturated rings. The zero-order valence-electron chi connectivity index (χ0n) is 11.7. The summed E-state index contributed by atoms with van der Waals surface area (Å²) in [6, 6.07) is 10.2. The number of benzene rings is 1. The van der Waals surface area contributed by atoms with Crippen LogP contribution in [0.2, 0.25) is 0 Å². The van der Waals surface area contributed by atoms with E-state index in [4.69, 9.17) is 0 Å². The lowest BCUT2D eigenvalue weighted by molar-refractivity contribution is -0.125. The van der Waals surface area contributed by atoms with E-state index in [9.17, 15) is 4.79 Å². The molecule has 0 bridgehead atoms. The van der Waals surface area contributed by atoms with E-state index in [-0.39, 0.29) is 17.9 Å². The van der Waals surface area contributed by atoms with Crippen LogP contribution >= 0.6 is 0 Å². The van der Waals surface area contributed by atoms with Gasteiger partial charge in [-0.2, -0.15) is 0 Å². The standard InChI is InChI=1S/C15H23N3O/c1-18(2)11-14(12-6-4-3-5-7-12)17-15(19)13-8-9-16-10-13/h3-7,13-14,16H,8-11H2,1-2H3,(H,17,19). The molecule has 1 amide bonds. The van der Waals surface area contributed by atoms with E-state index < -0.39 is 0 Å². The van der Waals surface area contributed by atoms with Crippen LogP contribution in [0.3, 0.4) is 0 Å². The van der Waals surface area contributed by atoms with Crippen molar-refractivity contribution in [2.24, 2.45) is 5.92 Å². The lowest BCUT2D eigenvalue weighted by Gasteiger charge is -2.24. The Morgan fingerprint density at radius 2 is 2.16 bits per heavy atom. The number of carbonyl (C=O) groups excluding carboxylic acids is 1. The van der Waals surface area contributed by atoms with Gasteiger partial charge >= 0.3 is 0 Å². The van der Waals surface area contributed by atoms with Crippen molar-refractivity contribution in [2.75, 3.05) is 33.7 Å². The number of likely N-dealkylation sites (N-methyl/N-ethyl adjacent to an activating group) is 1. The summed E-state index contributed by atoms with van der Waals surface area (Å²) in [5.41, 5.74) is 1.16. The number of carbonyl (C=O) groups is 1. The first-order chi connectivity index (χ1) is 9.16. The topological polar surface area (TPSA) is 44.4 Å². The van der Waals surface area contributed by atoms with Crippen LogP contribution in [-0.2, 0) is 4.79 Å². The van der Waals surface area contributed by atoms with Gasteiger partial charge in [-0.25, -0.2) is 0 Å². The first kappa shape index (κ1) is 14.0. The predicted molar refractivity (Wildman–Crippen MR) is 76.9 cm³/mol. The smallest absolute Gasteiger partial charge is 0.224 e. The molecule has 0 saturated carbocycles. The molecule has 2 atom stereocenters. The van der Waals surface area contributed by atoms with E-state index in [1.165, 1.54) is 0 Å². The number of rotatable bonds is 5. The quantitative estimate of drug-likeness (QED) is 0.831. The first-order valence-electron chi connectivity index (χ1n) is 6.87. The molecule has 0 spiro atoms. The second-order valence-electron chi connectivity index (χ2n) is 5.42. The van der Waals surface area contributed by atoms with Crippen molar-refractivity contribution in [3.05, 3.63) is 35.9 Å². The predicted octanol–water partition coefficient (Wildman–Crippen LogP) is 1.02. The Morgan fingerprint density at radius 3 is 2.74 bits per heavy atom. The van der Waals surface area contributed by atoms with Gasteiger partial charge in [0.25, 0.3) is 0 Å². The Balaban J connectivity index is 2.03. The van der Waals surface area contributed by atoms with Gasteiger partial charge in [-0.15, -0.1) is 0 Å². The molecule has 1 heterocycles. The molecule has 1 aromatic carbocycles. The lowest BCUT2D eigenvalue weighted by atomic mass is 10.0. The highest BCUT2D eigenvalue weighted by atomic mass is 16.2. The molecule has 19 heavy (non-hydrogen) atoms. The van der Waals surface area contributed by atoms with Crippen LogP contribution in [0.4, 0.5) is 0 Å². The number of hydrogen-bond acceptors (Lipinski definition) is 3. The highest BCUT2D eigenvalue weighted by Gasteiger charge is 2.25. The maximum absolute atomic E-state index is 12.2. The van der Waals surface area contributed by atoms with Gasteiger partial charge in [0.05, 0.1) is 12.0 Å². The summed E-state index contributed by atoms with van der Waals surface area (Å²) < 4.78 is 0. The van der Waals surface area contributed by atoms with Gasteiger partial charge in [0.1, 0.15) is 0 Å². The molecule has 0 aromatic heterocycles. The maximum atomic E-state index is 12.2. The Bertz CT molecular complexity index is 399. The Kier molecular flexibility index (Phi) is 4.93. The van der Waals surface area contributed by atoms with E-state index in [0.29, 0.717) is 0 Å². The SMILES string of the molecule is CN(C)CC(NC(=O)C1CCNC1)c1ccccc1. The van der Waals surface area contributed by atoms with E-state index in [2.05, 4.69) is 27.7 Å². The average molecular weight is 261 g/mol. The monoisotopic (exact) mass is 261 g/mol. The lowest BCUT2D eigenvalue weighted by Crippen LogP contribution is -2.39. The van der Waals surface area contributed by atoms with E-state index in [1.807, 2.05) is 32.3 Å². The van der Waals surface area contributed by atoms with Gasteiger partial charge in [0.15, 0.2) is 0 Å². The highest BCUT2D eigenvalue weighted by Crippen LogP contribution is 2.16. The van der Waals surface area contributed by atoms with E-state index >= 15 is 0 Å². The second kappa shape index (κ2) is 6.68.